The van der Waals surface area contributed by atoms with E-state index >= 15 is 0 Å². The number of pyridine rings is 1. The van der Waals surface area contributed by atoms with Crippen LogP contribution in [0, 0.1) is 0 Å². The normalized spacial score (nSPS) is 11.7. The fourth-order valence-electron chi connectivity index (χ4n) is 1.49. The van der Waals surface area contributed by atoms with Gasteiger partial charge < -0.3 is 0 Å². The third kappa shape index (κ3) is 4.19. The van der Waals surface area contributed by atoms with Crippen molar-refractivity contribution >= 4 is 46.6 Å². The van der Waals surface area contributed by atoms with Gasteiger partial charge in [-0.3, -0.25) is 4.98 Å². The van der Waals surface area contributed by atoms with E-state index in [-0.39, 0.29) is 10.8 Å². The first kappa shape index (κ1) is 16.7. The number of halogens is 6. The van der Waals surface area contributed by atoms with Crippen molar-refractivity contribution in [3.63, 3.8) is 0 Å². The number of benzene rings is 1. The molecule has 112 valence electrons. The van der Waals surface area contributed by atoms with Crippen LogP contribution in [0.25, 0.3) is 0 Å². The molecule has 0 aliphatic rings. The average molecular weight is 373 g/mol. The maximum atomic E-state index is 12.5. The number of hydrogen-bond donors (Lipinski definition) is 0. The van der Waals surface area contributed by atoms with E-state index in [2.05, 4.69) is 4.98 Å². The summed E-state index contributed by atoms with van der Waals surface area (Å²) in [6.07, 6.45) is -3.70. The summed E-state index contributed by atoms with van der Waals surface area (Å²) in [5.74, 6) is 0.264. The Kier molecular flexibility index (Phi) is 5.30. The van der Waals surface area contributed by atoms with Crippen molar-refractivity contribution < 1.29 is 13.2 Å². The monoisotopic (exact) mass is 371 g/mol. The van der Waals surface area contributed by atoms with Gasteiger partial charge >= 0.3 is 6.18 Å². The van der Waals surface area contributed by atoms with Crippen LogP contribution in [-0.2, 0) is 11.9 Å². The van der Waals surface area contributed by atoms with Crippen LogP contribution >= 0.6 is 46.6 Å². The molecule has 2 aromatic rings. The molecule has 0 spiro atoms. The number of nitrogens with zero attached hydrogens (tertiary/aromatic N) is 1. The first-order valence-electron chi connectivity index (χ1n) is 5.57. The highest BCUT2D eigenvalue weighted by Gasteiger charge is 2.31. The van der Waals surface area contributed by atoms with Crippen LogP contribution in [-0.4, -0.2) is 4.98 Å². The highest BCUT2D eigenvalue weighted by molar-refractivity contribution is 7.98. The number of alkyl halides is 3. The molecule has 1 aromatic carbocycles. The lowest BCUT2D eigenvalue weighted by Crippen LogP contribution is -2.06. The first-order chi connectivity index (χ1) is 9.79. The zero-order valence-corrected chi connectivity index (χ0v) is 13.3. The molecule has 21 heavy (non-hydrogen) atoms. The van der Waals surface area contributed by atoms with E-state index in [0.29, 0.717) is 20.6 Å². The number of thioether (sulfide) groups is 1. The molecule has 8 heteroatoms. The predicted molar refractivity (Wildman–Crippen MR) is 80.3 cm³/mol. The molecule has 1 heterocycles. The van der Waals surface area contributed by atoms with Gasteiger partial charge in [0.05, 0.1) is 26.3 Å². The largest absolute Gasteiger partial charge is 0.417 e. The molecule has 0 fully saturated rings. The fourth-order valence-corrected chi connectivity index (χ4v) is 3.45. The summed E-state index contributed by atoms with van der Waals surface area (Å²) in [6.45, 7) is 0. The van der Waals surface area contributed by atoms with Crippen molar-refractivity contribution in [3.05, 3.63) is 56.8 Å². The summed E-state index contributed by atoms with van der Waals surface area (Å²) in [5.41, 5.74) is -0.539. The van der Waals surface area contributed by atoms with Gasteiger partial charge in [0.1, 0.15) is 0 Å². The average Bonchev–Trinajstić information content (AvgIpc) is 2.38. The standard InChI is InChI=1S/C13H7Cl3F3NS/c14-8-2-1-3-9(15)12(8)21-6-11-10(16)4-7(5-20-11)13(17,18)19/h1-5H,6H2. The van der Waals surface area contributed by atoms with Gasteiger partial charge in [0.25, 0.3) is 0 Å². The van der Waals surface area contributed by atoms with E-state index in [9.17, 15) is 13.2 Å². The highest BCUT2D eigenvalue weighted by Crippen LogP contribution is 2.37. The Balaban J connectivity index is 2.18. The molecule has 2 rings (SSSR count). The van der Waals surface area contributed by atoms with Crippen LogP contribution in [0.1, 0.15) is 11.3 Å². The topological polar surface area (TPSA) is 12.9 Å². The van der Waals surface area contributed by atoms with Gasteiger partial charge in [0, 0.05) is 16.8 Å². The third-order valence-corrected chi connectivity index (χ3v) is 4.84. The van der Waals surface area contributed by atoms with Crippen molar-refractivity contribution in [2.75, 3.05) is 0 Å². The molecule has 0 saturated heterocycles. The van der Waals surface area contributed by atoms with Gasteiger partial charge in [-0.05, 0) is 18.2 Å². The van der Waals surface area contributed by atoms with E-state index < -0.39 is 11.7 Å². The van der Waals surface area contributed by atoms with Crippen LogP contribution in [0.15, 0.2) is 35.4 Å². The van der Waals surface area contributed by atoms with E-state index in [1.54, 1.807) is 18.2 Å². The zero-order valence-electron chi connectivity index (χ0n) is 10.2. The Morgan fingerprint density at radius 1 is 1.05 bits per heavy atom. The van der Waals surface area contributed by atoms with E-state index in [1.807, 2.05) is 0 Å². The minimum Gasteiger partial charge on any atom is -0.258 e. The van der Waals surface area contributed by atoms with Crippen LogP contribution in [0.5, 0.6) is 0 Å². The third-order valence-electron chi connectivity index (χ3n) is 2.52. The molecule has 0 unspecified atom stereocenters. The summed E-state index contributed by atoms with van der Waals surface area (Å²) in [5, 5.41) is 0.895. The van der Waals surface area contributed by atoms with Gasteiger partial charge in [0.15, 0.2) is 0 Å². The van der Waals surface area contributed by atoms with E-state index in [1.165, 1.54) is 11.8 Å². The van der Waals surface area contributed by atoms with Gasteiger partial charge in [-0.15, -0.1) is 11.8 Å². The molecule has 0 saturated carbocycles. The maximum Gasteiger partial charge on any atom is 0.417 e. The summed E-state index contributed by atoms with van der Waals surface area (Å²) < 4.78 is 37.6. The first-order valence-corrected chi connectivity index (χ1v) is 7.69. The second-order valence-corrected chi connectivity index (χ2v) is 6.20. The second kappa shape index (κ2) is 6.65. The van der Waals surface area contributed by atoms with Crippen LogP contribution in [0.3, 0.4) is 0 Å². The molecule has 0 aliphatic heterocycles. The highest BCUT2D eigenvalue weighted by atomic mass is 35.5. The van der Waals surface area contributed by atoms with Crippen LogP contribution in [0.2, 0.25) is 15.1 Å². The Labute approximate surface area is 138 Å². The summed E-state index contributed by atoms with van der Waals surface area (Å²) in [6, 6.07) is 5.92. The molecule has 0 aliphatic carbocycles. The summed E-state index contributed by atoms with van der Waals surface area (Å²) in [7, 11) is 0. The van der Waals surface area contributed by atoms with E-state index in [4.69, 9.17) is 34.8 Å². The van der Waals surface area contributed by atoms with Gasteiger partial charge in [-0.2, -0.15) is 13.2 Å². The van der Waals surface area contributed by atoms with Gasteiger partial charge in [0.2, 0.25) is 0 Å². The minimum absolute atomic E-state index is 0.0412. The Morgan fingerprint density at radius 2 is 1.67 bits per heavy atom. The SMILES string of the molecule is FC(F)(F)c1cnc(CSc2c(Cl)cccc2Cl)c(Cl)c1. The smallest absolute Gasteiger partial charge is 0.258 e. The van der Waals surface area contributed by atoms with Crippen molar-refractivity contribution in [1.82, 2.24) is 4.98 Å². The quantitative estimate of drug-likeness (QED) is 0.582. The molecule has 0 atom stereocenters. The Morgan fingerprint density at radius 3 is 2.19 bits per heavy atom. The minimum atomic E-state index is -4.46. The van der Waals surface area contributed by atoms with Crippen LogP contribution < -0.4 is 0 Å². The maximum absolute atomic E-state index is 12.5. The van der Waals surface area contributed by atoms with Gasteiger partial charge in [-0.1, -0.05) is 40.9 Å². The number of aromatic nitrogens is 1. The molecule has 0 N–H and O–H groups in total. The zero-order chi connectivity index (χ0) is 15.6. The predicted octanol–water partition coefficient (Wildman–Crippen LogP) is 6.35. The number of rotatable bonds is 3. The van der Waals surface area contributed by atoms with Crippen molar-refractivity contribution in [1.29, 1.82) is 0 Å². The van der Waals surface area contributed by atoms with Crippen LogP contribution in [0.4, 0.5) is 13.2 Å². The molecule has 0 amide bonds. The molecule has 1 nitrogen and oxygen atoms in total. The molecular weight excluding hydrogens is 366 g/mol. The number of hydrogen-bond acceptors (Lipinski definition) is 2. The Hall–Kier alpha value is -0.620. The molecular formula is C13H7Cl3F3NS. The Bertz CT molecular complexity index is 641. The lowest BCUT2D eigenvalue weighted by Gasteiger charge is -2.10. The molecule has 1 aromatic heterocycles. The summed E-state index contributed by atoms with van der Waals surface area (Å²) in [4.78, 5) is 4.40. The van der Waals surface area contributed by atoms with Crippen molar-refractivity contribution in [2.24, 2.45) is 0 Å². The molecule has 0 radical (unpaired) electrons. The lowest BCUT2D eigenvalue weighted by atomic mass is 10.2. The second-order valence-electron chi connectivity index (χ2n) is 3.99. The van der Waals surface area contributed by atoms with Crippen molar-refractivity contribution in [3.8, 4) is 0 Å². The lowest BCUT2D eigenvalue weighted by molar-refractivity contribution is -0.137. The summed E-state index contributed by atoms with van der Waals surface area (Å²) >= 11 is 19.1. The molecule has 0 bridgehead atoms. The van der Waals surface area contributed by atoms with Gasteiger partial charge in [-0.25, -0.2) is 0 Å². The van der Waals surface area contributed by atoms with Crippen molar-refractivity contribution in [2.45, 2.75) is 16.8 Å². The fraction of sp³-hybridized carbons (Fsp3) is 0.154. The van der Waals surface area contributed by atoms with E-state index in [0.717, 1.165) is 12.3 Å².